The second-order valence-corrected chi connectivity index (χ2v) is 4.67. The van der Waals surface area contributed by atoms with Crippen molar-refractivity contribution in [3.05, 3.63) is 0 Å². The van der Waals surface area contributed by atoms with Gasteiger partial charge in [-0.05, 0) is 38.5 Å². The predicted octanol–water partition coefficient (Wildman–Crippen LogP) is -0.350. The van der Waals surface area contributed by atoms with Crippen LogP contribution >= 0.6 is 0 Å². The quantitative estimate of drug-likeness (QED) is 0.429. The average Bonchev–Trinajstić information content (AvgIpc) is 2.11. The van der Waals surface area contributed by atoms with E-state index in [4.69, 9.17) is 22.9 Å². The molecule has 0 aromatic rings. The molecule has 1 aliphatic carbocycles. The second kappa shape index (κ2) is 5.66. The average molecular weight is 200 g/mol. The van der Waals surface area contributed by atoms with Gasteiger partial charge < -0.3 is 22.9 Å². The third-order valence-corrected chi connectivity index (χ3v) is 3.03. The molecule has 4 nitrogen and oxygen atoms in total. The highest BCUT2D eigenvalue weighted by Crippen LogP contribution is 2.14. The first-order valence-electron chi connectivity index (χ1n) is 5.60. The van der Waals surface area contributed by atoms with Crippen LogP contribution < -0.4 is 22.9 Å². The molecule has 0 aliphatic heterocycles. The molecule has 1 fully saturated rings. The van der Waals surface area contributed by atoms with Gasteiger partial charge >= 0.3 is 0 Å². The van der Waals surface area contributed by atoms with Crippen LogP contribution in [0.4, 0.5) is 0 Å². The summed E-state index contributed by atoms with van der Waals surface area (Å²) < 4.78 is 0. The molecule has 1 aliphatic rings. The fraction of sp³-hybridized carbons (Fsp3) is 1.00. The highest BCUT2D eigenvalue weighted by atomic mass is 14.7. The summed E-state index contributed by atoms with van der Waals surface area (Å²) >= 11 is 0. The standard InChI is InChI=1S/C10H24N4/c11-7-1-2-8(12)6-10(14)4-3-9(13)5-7/h7-10H,1-6,11-14H2. The molecule has 0 heterocycles. The van der Waals surface area contributed by atoms with Crippen molar-refractivity contribution in [3.63, 3.8) is 0 Å². The van der Waals surface area contributed by atoms with Gasteiger partial charge in [0.25, 0.3) is 0 Å². The Bertz CT molecular complexity index is 128. The molecule has 0 aromatic carbocycles. The predicted molar refractivity (Wildman–Crippen MR) is 59.6 cm³/mol. The first kappa shape index (κ1) is 11.9. The van der Waals surface area contributed by atoms with Gasteiger partial charge in [-0.1, -0.05) is 0 Å². The van der Waals surface area contributed by atoms with Gasteiger partial charge in [0.15, 0.2) is 0 Å². The number of hydrogen-bond acceptors (Lipinski definition) is 4. The Kier molecular flexibility index (Phi) is 4.81. The first-order chi connectivity index (χ1) is 6.58. The zero-order chi connectivity index (χ0) is 10.6. The van der Waals surface area contributed by atoms with E-state index in [1.807, 2.05) is 0 Å². The third kappa shape index (κ3) is 4.37. The summed E-state index contributed by atoms with van der Waals surface area (Å²) in [5.74, 6) is 0. The van der Waals surface area contributed by atoms with Crippen LogP contribution in [0.2, 0.25) is 0 Å². The van der Waals surface area contributed by atoms with Crippen LogP contribution in [-0.4, -0.2) is 24.2 Å². The number of rotatable bonds is 0. The van der Waals surface area contributed by atoms with Crippen molar-refractivity contribution >= 4 is 0 Å². The molecule has 0 spiro atoms. The highest BCUT2D eigenvalue weighted by molar-refractivity contribution is 4.79. The second-order valence-electron chi connectivity index (χ2n) is 4.67. The minimum atomic E-state index is 0.213. The normalized spacial score (nSPS) is 42.0. The molecule has 4 heteroatoms. The lowest BCUT2D eigenvalue weighted by Gasteiger charge is -2.24. The van der Waals surface area contributed by atoms with Gasteiger partial charge in [-0.15, -0.1) is 0 Å². The summed E-state index contributed by atoms with van der Waals surface area (Å²) in [4.78, 5) is 0. The van der Waals surface area contributed by atoms with Crippen LogP contribution in [0.15, 0.2) is 0 Å². The van der Waals surface area contributed by atoms with E-state index in [1.54, 1.807) is 0 Å². The fourth-order valence-electron chi connectivity index (χ4n) is 2.11. The Hall–Kier alpha value is -0.160. The lowest BCUT2D eigenvalue weighted by Crippen LogP contribution is -2.38. The van der Waals surface area contributed by atoms with E-state index in [9.17, 15) is 0 Å². The van der Waals surface area contributed by atoms with E-state index in [0.717, 1.165) is 38.5 Å². The maximum Gasteiger partial charge on any atom is 0.00541 e. The minimum absolute atomic E-state index is 0.213. The summed E-state index contributed by atoms with van der Waals surface area (Å²) in [6.45, 7) is 0. The van der Waals surface area contributed by atoms with Gasteiger partial charge in [-0.2, -0.15) is 0 Å². The maximum atomic E-state index is 5.95. The summed E-state index contributed by atoms with van der Waals surface area (Å²) in [7, 11) is 0. The third-order valence-electron chi connectivity index (χ3n) is 3.03. The zero-order valence-electron chi connectivity index (χ0n) is 8.86. The molecular weight excluding hydrogens is 176 g/mol. The number of nitrogens with two attached hydrogens (primary N) is 4. The van der Waals surface area contributed by atoms with Gasteiger partial charge in [-0.25, -0.2) is 0 Å². The van der Waals surface area contributed by atoms with E-state index < -0.39 is 0 Å². The monoisotopic (exact) mass is 200 g/mol. The van der Waals surface area contributed by atoms with Crippen LogP contribution in [0, 0.1) is 0 Å². The molecule has 84 valence electrons. The molecule has 0 bridgehead atoms. The molecule has 8 N–H and O–H groups in total. The Morgan fingerprint density at radius 2 is 0.714 bits per heavy atom. The van der Waals surface area contributed by atoms with Crippen LogP contribution in [0.25, 0.3) is 0 Å². The molecule has 0 radical (unpaired) electrons. The van der Waals surface area contributed by atoms with Gasteiger partial charge in [0.2, 0.25) is 0 Å². The smallest absolute Gasteiger partial charge is 0.00541 e. The Morgan fingerprint density at radius 1 is 0.500 bits per heavy atom. The van der Waals surface area contributed by atoms with Crippen LogP contribution in [0.1, 0.15) is 38.5 Å². The largest absolute Gasteiger partial charge is 0.328 e. The zero-order valence-corrected chi connectivity index (χ0v) is 8.86. The lowest BCUT2D eigenvalue weighted by atomic mass is 9.91. The SMILES string of the molecule is NC1CCC(N)CC(N)CCC(N)C1. The first-order valence-corrected chi connectivity index (χ1v) is 5.60. The lowest BCUT2D eigenvalue weighted by molar-refractivity contribution is 0.376. The topological polar surface area (TPSA) is 104 Å². The van der Waals surface area contributed by atoms with Crippen molar-refractivity contribution in [2.45, 2.75) is 62.7 Å². The maximum absolute atomic E-state index is 5.95. The Balaban J connectivity index is 2.42. The van der Waals surface area contributed by atoms with Crippen LogP contribution in [-0.2, 0) is 0 Å². The van der Waals surface area contributed by atoms with Crippen molar-refractivity contribution in [2.75, 3.05) is 0 Å². The molecule has 14 heavy (non-hydrogen) atoms. The molecule has 0 aromatic heterocycles. The Labute approximate surface area is 86.4 Å². The van der Waals surface area contributed by atoms with E-state index in [2.05, 4.69) is 0 Å². The van der Waals surface area contributed by atoms with E-state index in [-0.39, 0.29) is 24.2 Å². The van der Waals surface area contributed by atoms with E-state index in [0.29, 0.717) is 0 Å². The summed E-state index contributed by atoms with van der Waals surface area (Å²) in [5.41, 5.74) is 23.8. The van der Waals surface area contributed by atoms with Gasteiger partial charge in [0, 0.05) is 24.2 Å². The van der Waals surface area contributed by atoms with Crippen molar-refractivity contribution in [3.8, 4) is 0 Å². The van der Waals surface area contributed by atoms with Crippen LogP contribution in [0.3, 0.4) is 0 Å². The van der Waals surface area contributed by atoms with Gasteiger partial charge in [-0.3, -0.25) is 0 Å². The highest BCUT2D eigenvalue weighted by Gasteiger charge is 2.17. The number of hydrogen-bond donors (Lipinski definition) is 4. The summed E-state index contributed by atoms with van der Waals surface area (Å²) in [6, 6.07) is 0.853. The molecule has 1 rings (SSSR count). The molecule has 0 amide bonds. The molecule has 4 unspecified atom stereocenters. The van der Waals surface area contributed by atoms with E-state index >= 15 is 0 Å². The molecular formula is C10H24N4. The summed E-state index contributed by atoms with van der Waals surface area (Å²) in [6.07, 6.45) is 5.70. The van der Waals surface area contributed by atoms with Crippen molar-refractivity contribution in [1.82, 2.24) is 0 Å². The molecule has 0 saturated heterocycles. The summed E-state index contributed by atoms with van der Waals surface area (Å²) in [5, 5.41) is 0. The van der Waals surface area contributed by atoms with E-state index in [1.165, 1.54) is 0 Å². The molecule has 4 atom stereocenters. The minimum Gasteiger partial charge on any atom is -0.328 e. The molecule has 1 saturated carbocycles. The van der Waals surface area contributed by atoms with Crippen molar-refractivity contribution in [1.29, 1.82) is 0 Å². The Morgan fingerprint density at radius 3 is 0.929 bits per heavy atom. The van der Waals surface area contributed by atoms with Crippen molar-refractivity contribution in [2.24, 2.45) is 22.9 Å². The van der Waals surface area contributed by atoms with Gasteiger partial charge in [0.05, 0.1) is 0 Å². The van der Waals surface area contributed by atoms with Gasteiger partial charge in [0.1, 0.15) is 0 Å². The fourth-order valence-corrected chi connectivity index (χ4v) is 2.11. The van der Waals surface area contributed by atoms with Crippen LogP contribution in [0.5, 0.6) is 0 Å². The van der Waals surface area contributed by atoms with Crippen molar-refractivity contribution < 1.29 is 0 Å².